The first kappa shape index (κ1) is 12.9. The number of H-pyrrole nitrogens is 1. The largest absolute Gasteiger partial charge is 0.467 e. The summed E-state index contributed by atoms with van der Waals surface area (Å²) < 4.78 is 5.24. The number of hydrogen-bond donors (Lipinski definition) is 3. The van der Waals surface area contributed by atoms with E-state index in [2.05, 4.69) is 15.5 Å². The van der Waals surface area contributed by atoms with Crippen LogP contribution in [0.3, 0.4) is 0 Å². The van der Waals surface area contributed by atoms with Crippen LogP contribution in [0.2, 0.25) is 0 Å². The van der Waals surface area contributed by atoms with Crippen molar-refractivity contribution in [3.8, 4) is 0 Å². The minimum absolute atomic E-state index is 0.0946. The Morgan fingerprint density at radius 2 is 2.55 bits per heavy atom. The molecule has 106 valence electrons. The number of aliphatic hydroxyl groups excluding tert-OH is 1. The topological polar surface area (TPSA) is 91.1 Å². The molecule has 6 nitrogen and oxygen atoms in total. The van der Waals surface area contributed by atoms with Gasteiger partial charge in [-0.25, -0.2) is 0 Å². The Kier molecular flexibility index (Phi) is 3.56. The third kappa shape index (κ3) is 2.34. The summed E-state index contributed by atoms with van der Waals surface area (Å²) in [5.41, 5.74) is 2.00. The van der Waals surface area contributed by atoms with E-state index in [-0.39, 0.29) is 18.4 Å². The molecular weight excluding hydrogens is 258 g/mol. The molecule has 2 aromatic rings. The number of carbonyl (C=O) groups is 1. The predicted molar refractivity (Wildman–Crippen MR) is 70.9 cm³/mol. The van der Waals surface area contributed by atoms with Crippen LogP contribution in [-0.2, 0) is 11.2 Å². The third-order valence-electron chi connectivity index (χ3n) is 3.75. The van der Waals surface area contributed by atoms with Crippen LogP contribution in [0, 0.1) is 0 Å². The Hall–Kier alpha value is -2.08. The number of furan rings is 1. The molecule has 0 radical (unpaired) electrons. The summed E-state index contributed by atoms with van der Waals surface area (Å²) in [7, 11) is 0. The number of nitrogens with one attached hydrogen (secondary N) is 2. The molecule has 0 spiro atoms. The van der Waals surface area contributed by atoms with Crippen LogP contribution in [0.5, 0.6) is 0 Å². The van der Waals surface area contributed by atoms with Gasteiger partial charge in [0.2, 0.25) is 5.91 Å². The Labute approximate surface area is 116 Å². The number of aliphatic hydroxyl groups is 1. The first-order valence-corrected chi connectivity index (χ1v) is 6.76. The normalized spacial score (nSPS) is 19.4. The summed E-state index contributed by atoms with van der Waals surface area (Å²) in [5, 5.41) is 19.2. The molecule has 1 aliphatic rings. The molecule has 0 aliphatic heterocycles. The van der Waals surface area contributed by atoms with Crippen LogP contribution in [0.25, 0.3) is 0 Å². The van der Waals surface area contributed by atoms with Crippen LogP contribution < -0.4 is 5.32 Å². The molecule has 1 amide bonds. The highest BCUT2D eigenvalue weighted by molar-refractivity contribution is 5.84. The summed E-state index contributed by atoms with van der Waals surface area (Å²) in [5.74, 6) is 0.258. The van der Waals surface area contributed by atoms with Crippen molar-refractivity contribution in [3.63, 3.8) is 0 Å². The van der Waals surface area contributed by atoms with Gasteiger partial charge in [-0.2, -0.15) is 5.10 Å². The molecule has 2 unspecified atom stereocenters. The average Bonchev–Trinajstić information content (AvgIpc) is 3.14. The molecule has 0 saturated carbocycles. The van der Waals surface area contributed by atoms with Crippen LogP contribution in [0.15, 0.2) is 29.0 Å². The number of fused-ring (bicyclic) bond motifs is 1. The molecule has 0 aromatic carbocycles. The smallest absolute Gasteiger partial charge is 0.228 e. The number of aryl methyl sites for hydroxylation is 1. The lowest BCUT2D eigenvalue weighted by Gasteiger charge is -2.23. The fourth-order valence-electron chi connectivity index (χ4n) is 2.70. The van der Waals surface area contributed by atoms with E-state index < -0.39 is 6.04 Å². The lowest BCUT2D eigenvalue weighted by Crippen LogP contribution is -2.35. The summed E-state index contributed by atoms with van der Waals surface area (Å²) in [6.45, 7) is -0.190. The zero-order chi connectivity index (χ0) is 13.9. The Balaban J connectivity index is 1.74. The van der Waals surface area contributed by atoms with Crippen molar-refractivity contribution in [1.29, 1.82) is 0 Å². The second-order valence-electron chi connectivity index (χ2n) is 5.01. The summed E-state index contributed by atoms with van der Waals surface area (Å²) in [6, 6.07) is 2.97. The minimum Gasteiger partial charge on any atom is -0.467 e. The fourth-order valence-corrected chi connectivity index (χ4v) is 2.70. The zero-order valence-corrected chi connectivity index (χ0v) is 11.0. The molecule has 0 fully saturated rings. The van der Waals surface area contributed by atoms with Crippen molar-refractivity contribution >= 4 is 5.91 Å². The van der Waals surface area contributed by atoms with Crippen molar-refractivity contribution in [2.45, 2.75) is 31.2 Å². The fraction of sp³-hybridized carbons (Fsp3) is 0.429. The van der Waals surface area contributed by atoms with Crippen molar-refractivity contribution < 1.29 is 14.3 Å². The molecule has 2 aromatic heterocycles. The molecular formula is C14H17N3O3. The number of rotatable bonds is 4. The number of hydrogen-bond acceptors (Lipinski definition) is 4. The monoisotopic (exact) mass is 275 g/mol. The molecule has 3 N–H and O–H groups in total. The van der Waals surface area contributed by atoms with Crippen molar-refractivity contribution in [2.24, 2.45) is 0 Å². The van der Waals surface area contributed by atoms with Gasteiger partial charge >= 0.3 is 0 Å². The van der Waals surface area contributed by atoms with Crippen molar-refractivity contribution in [3.05, 3.63) is 41.6 Å². The van der Waals surface area contributed by atoms with Gasteiger partial charge in [0.25, 0.3) is 0 Å². The summed E-state index contributed by atoms with van der Waals surface area (Å²) >= 11 is 0. The maximum absolute atomic E-state index is 12.4. The summed E-state index contributed by atoms with van der Waals surface area (Å²) in [6.07, 6.45) is 5.94. The van der Waals surface area contributed by atoms with Crippen LogP contribution in [-0.4, -0.2) is 27.8 Å². The quantitative estimate of drug-likeness (QED) is 0.783. The van der Waals surface area contributed by atoms with E-state index in [1.165, 1.54) is 6.26 Å². The Bertz CT molecular complexity index is 576. The SMILES string of the molecule is O=C(NC(CO)c1ccco1)C1CCCc2[nH]ncc21. The molecule has 0 bridgehead atoms. The van der Waals surface area contributed by atoms with E-state index in [1.54, 1.807) is 18.3 Å². The lowest BCUT2D eigenvalue weighted by molar-refractivity contribution is -0.124. The summed E-state index contributed by atoms with van der Waals surface area (Å²) in [4.78, 5) is 12.4. The molecule has 3 rings (SSSR count). The van der Waals surface area contributed by atoms with Gasteiger partial charge in [0.1, 0.15) is 11.8 Å². The van der Waals surface area contributed by atoms with Gasteiger partial charge < -0.3 is 14.8 Å². The first-order valence-electron chi connectivity index (χ1n) is 6.76. The zero-order valence-electron chi connectivity index (χ0n) is 11.0. The number of aromatic nitrogens is 2. The van der Waals surface area contributed by atoms with E-state index in [4.69, 9.17) is 4.42 Å². The van der Waals surface area contributed by atoms with Crippen LogP contribution in [0.4, 0.5) is 0 Å². The van der Waals surface area contributed by atoms with Gasteiger partial charge in [-0.3, -0.25) is 9.89 Å². The molecule has 0 saturated heterocycles. The van der Waals surface area contributed by atoms with Gasteiger partial charge in [-0.05, 0) is 31.4 Å². The maximum atomic E-state index is 12.4. The van der Waals surface area contributed by atoms with E-state index in [0.29, 0.717) is 5.76 Å². The van der Waals surface area contributed by atoms with E-state index in [1.807, 2.05) is 0 Å². The number of nitrogens with zero attached hydrogens (tertiary/aromatic N) is 1. The molecule has 2 heterocycles. The van der Waals surface area contributed by atoms with Gasteiger partial charge in [-0.15, -0.1) is 0 Å². The van der Waals surface area contributed by atoms with Gasteiger partial charge in [0.05, 0.1) is 25.0 Å². The molecule has 2 atom stereocenters. The lowest BCUT2D eigenvalue weighted by atomic mass is 9.86. The van der Waals surface area contributed by atoms with Crippen LogP contribution >= 0.6 is 0 Å². The van der Waals surface area contributed by atoms with E-state index >= 15 is 0 Å². The third-order valence-corrected chi connectivity index (χ3v) is 3.75. The number of amides is 1. The average molecular weight is 275 g/mol. The first-order chi connectivity index (χ1) is 9.79. The highest BCUT2D eigenvalue weighted by atomic mass is 16.3. The Morgan fingerprint density at radius 3 is 3.30 bits per heavy atom. The Morgan fingerprint density at radius 1 is 1.65 bits per heavy atom. The van der Waals surface area contributed by atoms with Crippen molar-refractivity contribution in [1.82, 2.24) is 15.5 Å². The predicted octanol–water partition coefficient (Wildman–Crippen LogP) is 1.27. The molecule has 20 heavy (non-hydrogen) atoms. The maximum Gasteiger partial charge on any atom is 0.228 e. The second kappa shape index (κ2) is 5.50. The van der Waals surface area contributed by atoms with Gasteiger partial charge in [0.15, 0.2) is 0 Å². The van der Waals surface area contributed by atoms with Crippen LogP contribution in [0.1, 0.15) is 41.8 Å². The number of carbonyl (C=O) groups excluding carboxylic acids is 1. The van der Waals surface area contributed by atoms with E-state index in [9.17, 15) is 9.90 Å². The second-order valence-corrected chi connectivity index (χ2v) is 5.01. The van der Waals surface area contributed by atoms with Gasteiger partial charge in [0, 0.05) is 11.3 Å². The highest BCUT2D eigenvalue weighted by Gasteiger charge is 2.29. The van der Waals surface area contributed by atoms with E-state index in [0.717, 1.165) is 30.5 Å². The highest BCUT2D eigenvalue weighted by Crippen LogP contribution is 2.30. The standard InChI is InChI=1S/C14H17N3O3/c18-8-12(13-5-2-6-20-13)16-14(19)9-3-1-4-11-10(9)7-15-17-11/h2,5-7,9,12,18H,1,3-4,8H2,(H,15,17)(H,16,19). The van der Waals surface area contributed by atoms with Crippen molar-refractivity contribution in [2.75, 3.05) is 6.61 Å². The van der Waals surface area contributed by atoms with Gasteiger partial charge in [-0.1, -0.05) is 0 Å². The minimum atomic E-state index is -0.505. The number of aromatic amines is 1. The molecule has 6 heteroatoms. The molecule has 1 aliphatic carbocycles.